The van der Waals surface area contributed by atoms with Gasteiger partial charge >= 0.3 is 6.61 Å². The van der Waals surface area contributed by atoms with Crippen LogP contribution in [0.15, 0.2) is 40.8 Å². The fourth-order valence-corrected chi connectivity index (χ4v) is 3.60. The number of rotatable bonds is 12. The Labute approximate surface area is 211 Å². The molecule has 1 aliphatic carbocycles. The zero-order valence-corrected chi connectivity index (χ0v) is 20.4. The molecule has 1 unspecified atom stereocenters. The number of benzene rings is 2. The predicted octanol–water partition coefficient (Wildman–Crippen LogP) is 5.22. The van der Waals surface area contributed by atoms with E-state index in [9.17, 15) is 18.0 Å². The first-order valence-electron chi connectivity index (χ1n) is 11.9. The average molecular weight is 520 g/mol. The van der Waals surface area contributed by atoms with Gasteiger partial charge in [0.2, 0.25) is 5.89 Å². The van der Waals surface area contributed by atoms with Crippen LogP contribution in [0.5, 0.6) is 17.2 Å². The van der Waals surface area contributed by atoms with Gasteiger partial charge in [-0.1, -0.05) is 0 Å². The number of carbonyl (C=O) groups is 1. The Hall–Kier alpha value is -3.73. The van der Waals surface area contributed by atoms with E-state index in [2.05, 4.69) is 15.0 Å². The molecule has 37 heavy (non-hydrogen) atoms. The lowest BCUT2D eigenvalue weighted by atomic mass is 10.1. The highest BCUT2D eigenvalue weighted by atomic mass is 19.3. The summed E-state index contributed by atoms with van der Waals surface area (Å²) in [5, 5.41) is 2.62. The second-order valence-corrected chi connectivity index (χ2v) is 8.67. The molecule has 0 saturated heterocycles. The number of alkyl halides is 2. The molecule has 198 valence electrons. The highest BCUT2D eigenvalue weighted by molar-refractivity contribution is 5.94. The summed E-state index contributed by atoms with van der Waals surface area (Å²) in [5.41, 5.74) is 6.68. The van der Waals surface area contributed by atoms with Gasteiger partial charge in [-0.05, 0) is 62.9 Å². The molecule has 11 heteroatoms. The molecule has 8 nitrogen and oxygen atoms in total. The van der Waals surface area contributed by atoms with Gasteiger partial charge < -0.3 is 29.7 Å². The van der Waals surface area contributed by atoms with Crippen LogP contribution in [0, 0.1) is 11.7 Å². The number of aromatic nitrogens is 1. The largest absolute Gasteiger partial charge is 0.494 e. The first-order chi connectivity index (χ1) is 17.7. The van der Waals surface area contributed by atoms with Gasteiger partial charge in [0.15, 0.2) is 11.5 Å². The second kappa shape index (κ2) is 11.5. The van der Waals surface area contributed by atoms with E-state index in [4.69, 9.17) is 19.6 Å². The molecule has 3 aromatic rings. The van der Waals surface area contributed by atoms with Crippen LogP contribution in [0.3, 0.4) is 0 Å². The lowest BCUT2D eigenvalue weighted by Gasteiger charge is -2.12. The van der Waals surface area contributed by atoms with Crippen LogP contribution in [0.4, 0.5) is 13.2 Å². The summed E-state index contributed by atoms with van der Waals surface area (Å²) in [6, 6.07) is 7.79. The minimum Gasteiger partial charge on any atom is -0.494 e. The monoisotopic (exact) mass is 519 g/mol. The normalized spacial score (nSPS) is 13.9. The highest BCUT2D eigenvalue weighted by Crippen LogP contribution is 2.37. The molecule has 1 heterocycles. The Kier molecular flexibility index (Phi) is 8.22. The molecule has 1 fully saturated rings. The molecule has 0 aliphatic heterocycles. The van der Waals surface area contributed by atoms with Crippen LogP contribution >= 0.6 is 0 Å². The Morgan fingerprint density at radius 1 is 1.19 bits per heavy atom. The van der Waals surface area contributed by atoms with Gasteiger partial charge in [0.25, 0.3) is 5.91 Å². The third-order valence-corrected chi connectivity index (χ3v) is 5.63. The first-order valence-corrected chi connectivity index (χ1v) is 11.9. The smallest absolute Gasteiger partial charge is 0.387 e. The maximum atomic E-state index is 14.4. The number of nitrogens with one attached hydrogen (secondary N) is 1. The van der Waals surface area contributed by atoms with Crippen molar-refractivity contribution in [3.8, 4) is 28.7 Å². The summed E-state index contributed by atoms with van der Waals surface area (Å²) >= 11 is 0. The molecule has 1 amide bonds. The molecule has 4 rings (SSSR count). The Balaban J connectivity index is 1.53. The van der Waals surface area contributed by atoms with Crippen molar-refractivity contribution in [3.63, 3.8) is 0 Å². The molecule has 0 spiro atoms. The van der Waals surface area contributed by atoms with Crippen LogP contribution < -0.4 is 25.3 Å². The van der Waals surface area contributed by atoms with Crippen molar-refractivity contribution in [1.29, 1.82) is 0 Å². The number of hydrogen-bond acceptors (Lipinski definition) is 7. The Morgan fingerprint density at radius 3 is 2.62 bits per heavy atom. The summed E-state index contributed by atoms with van der Waals surface area (Å²) in [6.07, 6.45) is 2.05. The molecular formula is C26H28F3N3O5. The number of nitrogens with zero attached hydrogens (tertiary/aromatic N) is 1. The van der Waals surface area contributed by atoms with Crippen LogP contribution in [-0.2, 0) is 6.54 Å². The first kappa shape index (κ1) is 26.3. The molecule has 0 radical (unpaired) electrons. The number of hydrogen-bond donors (Lipinski definition) is 2. The minimum absolute atomic E-state index is 0.0799. The zero-order valence-electron chi connectivity index (χ0n) is 20.4. The van der Waals surface area contributed by atoms with Gasteiger partial charge in [-0.3, -0.25) is 4.79 Å². The molecule has 1 aliphatic rings. The number of oxazole rings is 1. The molecule has 3 N–H and O–H groups in total. The van der Waals surface area contributed by atoms with Crippen molar-refractivity contribution >= 4 is 5.91 Å². The van der Waals surface area contributed by atoms with Crippen LogP contribution in [0.2, 0.25) is 0 Å². The summed E-state index contributed by atoms with van der Waals surface area (Å²) in [5.74, 6) is -0.132. The van der Waals surface area contributed by atoms with Crippen molar-refractivity contribution in [1.82, 2.24) is 10.3 Å². The van der Waals surface area contributed by atoms with Crippen molar-refractivity contribution in [2.45, 2.75) is 45.9 Å². The standard InChI is InChI=1S/C26H28F3N3O5/c1-3-34-17-7-8-18(19(27)11-17)24(33)31-12-20-23(14(2)30)37-25(32-20)16-6-9-21(36-26(28)29)22(10-16)35-13-15-4-5-15/h6-11,14-15,26H,3-5,12-13,30H2,1-2H3,(H,31,33). The number of amides is 1. The van der Waals surface area contributed by atoms with Gasteiger partial charge in [0.05, 0.1) is 31.4 Å². The Bertz CT molecular complexity index is 1240. The summed E-state index contributed by atoms with van der Waals surface area (Å²) in [7, 11) is 0. The van der Waals surface area contributed by atoms with E-state index in [1.807, 2.05) is 0 Å². The highest BCUT2D eigenvalue weighted by Gasteiger charge is 2.24. The average Bonchev–Trinajstić information content (AvgIpc) is 3.58. The number of halogens is 3. The van der Waals surface area contributed by atoms with E-state index in [0.717, 1.165) is 18.9 Å². The summed E-state index contributed by atoms with van der Waals surface area (Å²) in [4.78, 5) is 17.0. The lowest BCUT2D eigenvalue weighted by molar-refractivity contribution is -0.0515. The number of carbonyl (C=O) groups excluding carboxylic acids is 1. The van der Waals surface area contributed by atoms with E-state index in [1.165, 1.54) is 30.3 Å². The molecule has 2 aromatic carbocycles. The van der Waals surface area contributed by atoms with Gasteiger partial charge in [0.1, 0.15) is 23.0 Å². The van der Waals surface area contributed by atoms with Crippen LogP contribution in [0.1, 0.15) is 54.5 Å². The van der Waals surface area contributed by atoms with Gasteiger partial charge in [-0.25, -0.2) is 9.37 Å². The number of ether oxygens (including phenoxy) is 3. The van der Waals surface area contributed by atoms with Crippen LogP contribution in [-0.4, -0.2) is 30.7 Å². The zero-order chi connectivity index (χ0) is 26.5. The summed E-state index contributed by atoms with van der Waals surface area (Å²) < 4.78 is 61.5. The second-order valence-electron chi connectivity index (χ2n) is 8.67. The van der Waals surface area contributed by atoms with Gasteiger partial charge in [-0.2, -0.15) is 8.78 Å². The molecule has 0 bridgehead atoms. The third kappa shape index (κ3) is 6.73. The van der Waals surface area contributed by atoms with E-state index in [1.54, 1.807) is 13.8 Å². The van der Waals surface area contributed by atoms with E-state index >= 15 is 0 Å². The van der Waals surface area contributed by atoms with Gasteiger partial charge in [0, 0.05) is 11.6 Å². The maximum Gasteiger partial charge on any atom is 0.387 e. The van der Waals surface area contributed by atoms with E-state index in [-0.39, 0.29) is 29.5 Å². The fourth-order valence-electron chi connectivity index (χ4n) is 3.60. The minimum atomic E-state index is -3.00. The summed E-state index contributed by atoms with van der Waals surface area (Å²) in [6.45, 7) is 1.13. The molecular weight excluding hydrogens is 491 g/mol. The van der Waals surface area contributed by atoms with Crippen LogP contribution in [0.25, 0.3) is 11.5 Å². The lowest BCUT2D eigenvalue weighted by Crippen LogP contribution is -2.25. The molecule has 1 atom stereocenters. The SMILES string of the molecule is CCOc1ccc(C(=O)NCc2nc(-c3ccc(OC(F)F)c(OCC4CC4)c3)oc2C(C)N)c(F)c1. The van der Waals surface area contributed by atoms with Crippen molar-refractivity contribution in [3.05, 3.63) is 59.2 Å². The maximum absolute atomic E-state index is 14.4. The molecule has 1 saturated carbocycles. The van der Waals surface area contributed by atoms with Crippen molar-refractivity contribution in [2.75, 3.05) is 13.2 Å². The Morgan fingerprint density at radius 2 is 1.97 bits per heavy atom. The van der Waals surface area contributed by atoms with Gasteiger partial charge in [-0.15, -0.1) is 0 Å². The van der Waals surface area contributed by atoms with E-state index < -0.39 is 24.4 Å². The topological polar surface area (TPSA) is 109 Å². The third-order valence-electron chi connectivity index (χ3n) is 5.63. The fraction of sp³-hybridized carbons (Fsp3) is 0.385. The van der Waals surface area contributed by atoms with E-state index in [0.29, 0.717) is 41.9 Å². The van der Waals surface area contributed by atoms with Crippen molar-refractivity contribution < 1.29 is 36.6 Å². The predicted molar refractivity (Wildman–Crippen MR) is 128 cm³/mol. The quantitative estimate of drug-likeness (QED) is 0.338. The number of nitrogens with two attached hydrogens (primary N) is 1. The van der Waals surface area contributed by atoms with Crippen molar-refractivity contribution in [2.24, 2.45) is 11.7 Å². The molecule has 1 aromatic heterocycles.